The molecule has 0 unspecified atom stereocenters. The SMILES string of the molecule is CC(C)(O)[C@H](N)c1ccccc1. The molecule has 1 aromatic carbocycles. The van der Waals surface area contributed by atoms with Crippen molar-refractivity contribution in [3.63, 3.8) is 0 Å². The van der Waals surface area contributed by atoms with Crippen molar-refractivity contribution in [3.05, 3.63) is 35.9 Å². The third-order valence-electron chi connectivity index (χ3n) is 1.92. The molecule has 0 saturated heterocycles. The van der Waals surface area contributed by atoms with Crippen molar-refractivity contribution in [3.8, 4) is 0 Å². The van der Waals surface area contributed by atoms with E-state index in [2.05, 4.69) is 0 Å². The Bertz CT molecular complexity index is 238. The van der Waals surface area contributed by atoms with Crippen LogP contribution in [0, 0.1) is 0 Å². The summed E-state index contributed by atoms with van der Waals surface area (Å²) >= 11 is 0. The monoisotopic (exact) mass is 165 g/mol. The first-order valence-corrected chi connectivity index (χ1v) is 4.04. The predicted octanol–water partition coefficient (Wildman–Crippen LogP) is 1.46. The van der Waals surface area contributed by atoms with Gasteiger partial charge in [0.15, 0.2) is 0 Å². The molecular formula is C10H15NO. The largest absolute Gasteiger partial charge is 0.388 e. The summed E-state index contributed by atoms with van der Waals surface area (Å²) in [5, 5.41) is 9.61. The number of hydrogen-bond acceptors (Lipinski definition) is 2. The average Bonchev–Trinajstić information content (AvgIpc) is 2.03. The zero-order chi connectivity index (χ0) is 9.19. The Labute approximate surface area is 73.0 Å². The standard InChI is InChI=1S/C10H15NO/c1-10(2,12)9(11)8-6-4-3-5-7-8/h3-7,9,12H,11H2,1-2H3/t9-/m1/s1. The average molecular weight is 165 g/mol. The molecule has 3 N–H and O–H groups in total. The van der Waals surface area contributed by atoms with Crippen molar-refractivity contribution in [1.82, 2.24) is 0 Å². The molecule has 12 heavy (non-hydrogen) atoms. The van der Waals surface area contributed by atoms with Gasteiger partial charge in [-0.3, -0.25) is 0 Å². The Balaban J connectivity index is 2.86. The maximum absolute atomic E-state index is 9.61. The molecule has 0 saturated carbocycles. The summed E-state index contributed by atoms with van der Waals surface area (Å²) in [6.07, 6.45) is 0. The fraction of sp³-hybridized carbons (Fsp3) is 0.400. The Hall–Kier alpha value is -0.860. The minimum atomic E-state index is -0.860. The Morgan fingerprint density at radius 3 is 2.17 bits per heavy atom. The van der Waals surface area contributed by atoms with Crippen molar-refractivity contribution < 1.29 is 5.11 Å². The van der Waals surface area contributed by atoms with Crippen LogP contribution in [0.3, 0.4) is 0 Å². The van der Waals surface area contributed by atoms with E-state index in [1.54, 1.807) is 13.8 Å². The second-order valence-electron chi connectivity index (χ2n) is 3.54. The van der Waals surface area contributed by atoms with Gasteiger partial charge in [-0.25, -0.2) is 0 Å². The van der Waals surface area contributed by atoms with E-state index in [0.29, 0.717) is 0 Å². The van der Waals surface area contributed by atoms with Gasteiger partial charge in [0, 0.05) is 0 Å². The maximum Gasteiger partial charge on any atom is 0.0783 e. The molecule has 2 heteroatoms. The fourth-order valence-electron chi connectivity index (χ4n) is 1.07. The van der Waals surface area contributed by atoms with Gasteiger partial charge in [-0.05, 0) is 19.4 Å². The zero-order valence-corrected chi connectivity index (χ0v) is 7.49. The summed E-state index contributed by atoms with van der Waals surface area (Å²) in [5.74, 6) is 0. The third-order valence-corrected chi connectivity index (χ3v) is 1.92. The number of nitrogens with two attached hydrogens (primary N) is 1. The van der Waals surface area contributed by atoms with E-state index in [1.165, 1.54) is 0 Å². The Kier molecular flexibility index (Phi) is 2.50. The van der Waals surface area contributed by atoms with Gasteiger partial charge in [-0.1, -0.05) is 30.3 Å². The normalized spacial score (nSPS) is 14.3. The lowest BCUT2D eigenvalue weighted by atomic mass is 9.93. The van der Waals surface area contributed by atoms with Crippen molar-refractivity contribution in [2.45, 2.75) is 25.5 Å². The predicted molar refractivity (Wildman–Crippen MR) is 49.7 cm³/mol. The summed E-state index contributed by atoms with van der Waals surface area (Å²) in [6.45, 7) is 3.43. The maximum atomic E-state index is 9.61. The number of benzene rings is 1. The van der Waals surface area contributed by atoms with Crippen molar-refractivity contribution >= 4 is 0 Å². The molecule has 0 spiro atoms. The second-order valence-corrected chi connectivity index (χ2v) is 3.54. The lowest BCUT2D eigenvalue weighted by molar-refractivity contribution is 0.0517. The molecule has 0 heterocycles. The van der Waals surface area contributed by atoms with E-state index in [4.69, 9.17) is 5.73 Å². The van der Waals surface area contributed by atoms with Crippen LogP contribution in [0.15, 0.2) is 30.3 Å². The lowest BCUT2D eigenvalue weighted by Crippen LogP contribution is -2.34. The molecule has 0 aliphatic carbocycles. The molecule has 2 nitrogen and oxygen atoms in total. The Morgan fingerprint density at radius 1 is 1.25 bits per heavy atom. The van der Waals surface area contributed by atoms with E-state index < -0.39 is 5.60 Å². The molecule has 0 aliphatic heterocycles. The van der Waals surface area contributed by atoms with Gasteiger partial charge in [0.1, 0.15) is 0 Å². The highest BCUT2D eigenvalue weighted by Gasteiger charge is 2.23. The van der Waals surface area contributed by atoms with E-state index in [9.17, 15) is 5.11 Å². The summed E-state index contributed by atoms with van der Waals surface area (Å²) in [5.41, 5.74) is 5.93. The lowest BCUT2D eigenvalue weighted by Gasteiger charge is -2.25. The number of rotatable bonds is 2. The van der Waals surface area contributed by atoms with Crippen molar-refractivity contribution in [2.24, 2.45) is 5.73 Å². The van der Waals surface area contributed by atoms with E-state index in [1.807, 2.05) is 30.3 Å². The quantitative estimate of drug-likeness (QED) is 0.696. The van der Waals surface area contributed by atoms with E-state index in [-0.39, 0.29) is 6.04 Å². The van der Waals surface area contributed by atoms with Gasteiger partial charge in [0.2, 0.25) is 0 Å². The first-order valence-electron chi connectivity index (χ1n) is 4.04. The van der Waals surface area contributed by atoms with Crippen LogP contribution in [0.1, 0.15) is 25.5 Å². The van der Waals surface area contributed by atoms with Crippen LogP contribution in [0.2, 0.25) is 0 Å². The highest BCUT2D eigenvalue weighted by atomic mass is 16.3. The number of aliphatic hydroxyl groups is 1. The zero-order valence-electron chi connectivity index (χ0n) is 7.49. The summed E-state index contributed by atoms with van der Waals surface area (Å²) in [4.78, 5) is 0. The van der Waals surface area contributed by atoms with Gasteiger partial charge >= 0.3 is 0 Å². The van der Waals surface area contributed by atoms with Crippen molar-refractivity contribution in [2.75, 3.05) is 0 Å². The van der Waals surface area contributed by atoms with Crippen LogP contribution < -0.4 is 5.73 Å². The smallest absolute Gasteiger partial charge is 0.0783 e. The van der Waals surface area contributed by atoms with Crippen LogP contribution in [0.25, 0.3) is 0 Å². The molecular weight excluding hydrogens is 150 g/mol. The summed E-state index contributed by atoms with van der Waals surface area (Å²) in [6, 6.07) is 9.28. The van der Waals surface area contributed by atoms with Gasteiger partial charge in [-0.15, -0.1) is 0 Å². The molecule has 0 aromatic heterocycles. The van der Waals surface area contributed by atoms with Crippen LogP contribution in [-0.2, 0) is 0 Å². The van der Waals surface area contributed by atoms with Gasteiger partial charge in [0.05, 0.1) is 11.6 Å². The first kappa shape index (κ1) is 9.23. The minimum Gasteiger partial charge on any atom is -0.388 e. The molecule has 0 radical (unpaired) electrons. The third kappa shape index (κ3) is 2.06. The summed E-state index contributed by atoms with van der Waals surface area (Å²) < 4.78 is 0. The first-order chi connectivity index (χ1) is 5.52. The van der Waals surface area contributed by atoms with Crippen LogP contribution in [0.4, 0.5) is 0 Å². The van der Waals surface area contributed by atoms with E-state index in [0.717, 1.165) is 5.56 Å². The topological polar surface area (TPSA) is 46.2 Å². The number of hydrogen-bond donors (Lipinski definition) is 2. The minimum absolute atomic E-state index is 0.321. The molecule has 0 fully saturated rings. The molecule has 1 atom stereocenters. The molecule has 1 rings (SSSR count). The molecule has 0 amide bonds. The highest BCUT2D eigenvalue weighted by molar-refractivity contribution is 5.20. The van der Waals surface area contributed by atoms with Gasteiger partial charge in [0.25, 0.3) is 0 Å². The van der Waals surface area contributed by atoms with E-state index >= 15 is 0 Å². The second kappa shape index (κ2) is 3.25. The van der Waals surface area contributed by atoms with Gasteiger partial charge in [-0.2, -0.15) is 0 Å². The summed E-state index contributed by atoms with van der Waals surface area (Å²) in [7, 11) is 0. The fourth-order valence-corrected chi connectivity index (χ4v) is 1.07. The van der Waals surface area contributed by atoms with Crippen LogP contribution in [0.5, 0.6) is 0 Å². The molecule has 1 aromatic rings. The van der Waals surface area contributed by atoms with Crippen LogP contribution in [-0.4, -0.2) is 10.7 Å². The molecule has 66 valence electrons. The Morgan fingerprint density at radius 2 is 1.75 bits per heavy atom. The van der Waals surface area contributed by atoms with Crippen molar-refractivity contribution in [1.29, 1.82) is 0 Å². The highest BCUT2D eigenvalue weighted by Crippen LogP contribution is 2.21. The molecule has 0 aliphatic rings. The van der Waals surface area contributed by atoms with Crippen LogP contribution >= 0.6 is 0 Å². The van der Waals surface area contributed by atoms with Gasteiger partial charge < -0.3 is 10.8 Å². The molecule has 0 bridgehead atoms.